The fourth-order valence-corrected chi connectivity index (χ4v) is 1.58. The molecule has 0 saturated heterocycles. The normalized spacial score (nSPS) is 11.6. The maximum atomic E-state index is 11.7. The van der Waals surface area contributed by atoms with E-state index in [1.165, 1.54) is 0 Å². The summed E-state index contributed by atoms with van der Waals surface area (Å²) in [5.41, 5.74) is 5.92. The van der Waals surface area contributed by atoms with Crippen LogP contribution in [0.25, 0.3) is 0 Å². The van der Waals surface area contributed by atoms with Gasteiger partial charge in [0.1, 0.15) is 6.04 Å². The standard InChI is InChI=1S/C13H16N2O4/c14-13(19)10(6-7-12(17)18)15-11(16)8-9-4-2-1-3-5-9/h1-5,10H,6-8H2,(H2,14,19)(H,15,16)(H,17,18). The van der Waals surface area contributed by atoms with E-state index in [1.807, 2.05) is 6.07 Å². The van der Waals surface area contributed by atoms with Crippen LogP contribution < -0.4 is 11.1 Å². The first-order valence-corrected chi connectivity index (χ1v) is 5.83. The summed E-state index contributed by atoms with van der Waals surface area (Å²) in [6.07, 6.45) is -0.109. The van der Waals surface area contributed by atoms with E-state index in [9.17, 15) is 14.4 Å². The number of benzene rings is 1. The van der Waals surface area contributed by atoms with Crippen LogP contribution in [-0.2, 0) is 20.8 Å². The van der Waals surface area contributed by atoms with Gasteiger partial charge >= 0.3 is 5.97 Å². The Kier molecular flexibility index (Phi) is 5.53. The summed E-state index contributed by atoms with van der Waals surface area (Å²) in [5, 5.41) is 11.0. The highest BCUT2D eigenvalue weighted by Crippen LogP contribution is 2.02. The molecule has 6 heteroatoms. The molecule has 0 aliphatic carbocycles. The van der Waals surface area contributed by atoms with E-state index in [1.54, 1.807) is 24.3 Å². The molecule has 19 heavy (non-hydrogen) atoms. The Morgan fingerprint density at radius 1 is 1.21 bits per heavy atom. The minimum atomic E-state index is -1.04. The zero-order chi connectivity index (χ0) is 14.3. The minimum absolute atomic E-state index is 0.00873. The Hall–Kier alpha value is -2.37. The molecule has 1 unspecified atom stereocenters. The number of primary amides is 1. The van der Waals surface area contributed by atoms with Crippen molar-refractivity contribution in [1.29, 1.82) is 0 Å². The van der Waals surface area contributed by atoms with Crippen LogP contribution in [0.1, 0.15) is 18.4 Å². The van der Waals surface area contributed by atoms with Crippen molar-refractivity contribution in [2.45, 2.75) is 25.3 Å². The van der Waals surface area contributed by atoms with Crippen LogP contribution in [0.5, 0.6) is 0 Å². The van der Waals surface area contributed by atoms with Crippen LogP contribution >= 0.6 is 0 Å². The van der Waals surface area contributed by atoms with Gasteiger partial charge in [0.15, 0.2) is 0 Å². The van der Waals surface area contributed by atoms with Gasteiger partial charge in [-0.15, -0.1) is 0 Å². The number of rotatable bonds is 7. The minimum Gasteiger partial charge on any atom is -0.481 e. The SMILES string of the molecule is NC(=O)C(CCC(=O)O)NC(=O)Cc1ccccc1. The summed E-state index contributed by atoms with van der Waals surface area (Å²) in [5.74, 6) is -2.13. The zero-order valence-corrected chi connectivity index (χ0v) is 10.3. The molecule has 4 N–H and O–H groups in total. The number of aliphatic carboxylic acids is 1. The van der Waals surface area contributed by atoms with Crippen LogP contribution in [-0.4, -0.2) is 28.9 Å². The fourth-order valence-electron chi connectivity index (χ4n) is 1.58. The Morgan fingerprint density at radius 3 is 2.37 bits per heavy atom. The average Bonchev–Trinajstić information content (AvgIpc) is 2.35. The predicted octanol–water partition coefficient (Wildman–Crippen LogP) is 0.0640. The molecule has 0 aliphatic rings. The topological polar surface area (TPSA) is 109 Å². The van der Waals surface area contributed by atoms with E-state index in [2.05, 4.69) is 5.32 Å². The molecule has 0 spiro atoms. The third kappa shape index (κ3) is 5.67. The lowest BCUT2D eigenvalue weighted by molar-refractivity contribution is -0.137. The zero-order valence-electron chi connectivity index (χ0n) is 10.3. The molecule has 2 amide bonds. The highest BCUT2D eigenvalue weighted by molar-refractivity contribution is 5.87. The van der Waals surface area contributed by atoms with Crippen LogP contribution in [0.4, 0.5) is 0 Å². The quantitative estimate of drug-likeness (QED) is 0.647. The van der Waals surface area contributed by atoms with E-state index >= 15 is 0 Å². The van der Waals surface area contributed by atoms with E-state index < -0.39 is 17.9 Å². The average molecular weight is 264 g/mol. The van der Waals surface area contributed by atoms with Gasteiger partial charge in [0.05, 0.1) is 6.42 Å². The maximum absolute atomic E-state index is 11.7. The largest absolute Gasteiger partial charge is 0.481 e. The molecular formula is C13H16N2O4. The van der Waals surface area contributed by atoms with Gasteiger partial charge in [-0.3, -0.25) is 14.4 Å². The van der Waals surface area contributed by atoms with Crippen LogP contribution in [0.3, 0.4) is 0 Å². The summed E-state index contributed by atoms with van der Waals surface area (Å²) in [6.45, 7) is 0. The third-order valence-corrected chi connectivity index (χ3v) is 2.53. The van der Waals surface area contributed by atoms with Gasteiger partial charge in [-0.05, 0) is 12.0 Å². The van der Waals surface area contributed by atoms with Gasteiger partial charge in [0.25, 0.3) is 0 Å². The molecule has 0 aliphatic heterocycles. The van der Waals surface area contributed by atoms with Crippen molar-refractivity contribution in [1.82, 2.24) is 5.32 Å². The maximum Gasteiger partial charge on any atom is 0.303 e. The molecule has 1 aromatic rings. The summed E-state index contributed by atoms with van der Waals surface area (Å²) >= 11 is 0. The van der Waals surface area contributed by atoms with Gasteiger partial charge < -0.3 is 16.2 Å². The van der Waals surface area contributed by atoms with Crippen molar-refractivity contribution in [3.05, 3.63) is 35.9 Å². The van der Waals surface area contributed by atoms with Crippen LogP contribution in [0.15, 0.2) is 30.3 Å². The van der Waals surface area contributed by atoms with Crippen molar-refractivity contribution in [3.8, 4) is 0 Å². The van der Waals surface area contributed by atoms with Crippen molar-refractivity contribution in [2.75, 3.05) is 0 Å². The lowest BCUT2D eigenvalue weighted by Gasteiger charge is -2.14. The number of carboxylic acids is 1. The third-order valence-electron chi connectivity index (χ3n) is 2.53. The summed E-state index contributed by atoms with van der Waals surface area (Å²) in [7, 11) is 0. The number of nitrogens with two attached hydrogens (primary N) is 1. The lowest BCUT2D eigenvalue weighted by Crippen LogP contribution is -2.45. The first-order chi connectivity index (χ1) is 8.99. The highest BCUT2D eigenvalue weighted by Gasteiger charge is 2.19. The van der Waals surface area contributed by atoms with Gasteiger partial charge in [0, 0.05) is 6.42 Å². The van der Waals surface area contributed by atoms with E-state index in [4.69, 9.17) is 10.8 Å². The van der Waals surface area contributed by atoms with Gasteiger partial charge in [-0.1, -0.05) is 30.3 Å². The van der Waals surface area contributed by atoms with E-state index in [-0.39, 0.29) is 25.2 Å². The Labute approximate surface area is 110 Å². The molecular weight excluding hydrogens is 248 g/mol. The Morgan fingerprint density at radius 2 is 1.84 bits per heavy atom. The van der Waals surface area contributed by atoms with Gasteiger partial charge in [-0.25, -0.2) is 0 Å². The number of hydrogen-bond donors (Lipinski definition) is 3. The number of carboxylic acid groups (broad SMARTS) is 1. The van der Waals surface area contributed by atoms with Gasteiger partial charge in [0.2, 0.25) is 11.8 Å². The lowest BCUT2D eigenvalue weighted by atomic mass is 10.1. The van der Waals surface area contributed by atoms with Crippen molar-refractivity contribution in [3.63, 3.8) is 0 Å². The van der Waals surface area contributed by atoms with Crippen molar-refractivity contribution >= 4 is 17.8 Å². The summed E-state index contributed by atoms with van der Waals surface area (Å²) in [4.78, 5) is 33.3. The van der Waals surface area contributed by atoms with Crippen LogP contribution in [0.2, 0.25) is 0 Å². The molecule has 1 rings (SSSR count). The molecule has 0 fully saturated rings. The molecule has 0 bridgehead atoms. The second-order valence-corrected chi connectivity index (χ2v) is 4.12. The molecule has 0 saturated carbocycles. The monoisotopic (exact) mass is 264 g/mol. The number of carbonyl (C=O) groups excluding carboxylic acids is 2. The number of hydrogen-bond acceptors (Lipinski definition) is 3. The second kappa shape index (κ2) is 7.15. The smallest absolute Gasteiger partial charge is 0.303 e. The Bertz CT molecular complexity index is 459. The number of carbonyl (C=O) groups is 3. The fraction of sp³-hybridized carbons (Fsp3) is 0.308. The van der Waals surface area contributed by atoms with E-state index in [0.717, 1.165) is 5.56 Å². The molecule has 1 atom stereocenters. The molecule has 102 valence electrons. The molecule has 0 heterocycles. The van der Waals surface area contributed by atoms with Gasteiger partial charge in [-0.2, -0.15) is 0 Å². The first kappa shape index (κ1) is 14.7. The summed E-state index contributed by atoms with van der Waals surface area (Å²) < 4.78 is 0. The predicted molar refractivity (Wildman–Crippen MR) is 68.1 cm³/mol. The summed E-state index contributed by atoms with van der Waals surface area (Å²) in [6, 6.07) is 8.07. The molecule has 0 radical (unpaired) electrons. The number of nitrogens with one attached hydrogen (secondary N) is 1. The Balaban J connectivity index is 2.52. The molecule has 6 nitrogen and oxygen atoms in total. The van der Waals surface area contributed by atoms with Crippen molar-refractivity contribution < 1.29 is 19.5 Å². The molecule has 1 aromatic carbocycles. The highest BCUT2D eigenvalue weighted by atomic mass is 16.4. The first-order valence-electron chi connectivity index (χ1n) is 5.83. The molecule has 0 aromatic heterocycles. The second-order valence-electron chi connectivity index (χ2n) is 4.12. The van der Waals surface area contributed by atoms with Crippen LogP contribution in [0, 0.1) is 0 Å². The number of amides is 2. The van der Waals surface area contributed by atoms with E-state index in [0.29, 0.717) is 0 Å². The van der Waals surface area contributed by atoms with Crippen molar-refractivity contribution in [2.24, 2.45) is 5.73 Å².